The number of nitrogens with one attached hydrogen (secondary N) is 2. The minimum absolute atomic E-state index is 0.0400. The van der Waals surface area contributed by atoms with Crippen LogP contribution >= 0.6 is 0 Å². The predicted molar refractivity (Wildman–Crippen MR) is 28.6 cm³/mol. The molecule has 2 N–H and O–H groups in total. The molecule has 8 heteroatoms. The molecule has 0 saturated heterocycles. The zero-order chi connectivity index (χ0) is 8.69. The van der Waals surface area contributed by atoms with Crippen LogP contribution in [0.5, 0.6) is 0 Å². The first-order valence-corrected chi connectivity index (χ1v) is 5.27. The molecule has 11 heavy (non-hydrogen) atoms. The van der Waals surface area contributed by atoms with Crippen molar-refractivity contribution in [1.82, 2.24) is 0 Å². The molecule has 0 fully saturated rings. The summed E-state index contributed by atoms with van der Waals surface area (Å²) in [6.07, 6.45) is 0. The van der Waals surface area contributed by atoms with E-state index >= 15 is 0 Å². The fourth-order valence-corrected chi connectivity index (χ4v) is 1.22. The van der Waals surface area contributed by atoms with E-state index in [0.717, 1.165) is 0 Å². The molecule has 0 bridgehead atoms. The average Bonchev–Trinajstić information content (AvgIpc) is 1.97. The quantitative estimate of drug-likeness (QED) is 0.126. The standard InChI is InChI=1S/C3H10IN2O5/c1-5(7)4-3-6(8)10-11-9-2/h5-6H,3H2,1-2H3/q-1. The van der Waals surface area contributed by atoms with Crippen LogP contribution in [-0.4, -0.2) is 18.7 Å². The molecule has 0 amide bonds. The molecular formula is C3H10IN2O5-. The van der Waals surface area contributed by atoms with Crippen LogP contribution < -0.4 is 30.0 Å². The summed E-state index contributed by atoms with van der Waals surface area (Å²) in [5.74, 6) is 0. The Bertz CT molecular complexity index is 93.8. The van der Waals surface area contributed by atoms with Gasteiger partial charge in [-0.2, -0.15) is 0 Å². The Labute approximate surface area is 74.4 Å². The summed E-state index contributed by atoms with van der Waals surface area (Å²) in [6, 6.07) is 0. The number of quaternary nitrogens is 2. The molecule has 0 aromatic carbocycles. The summed E-state index contributed by atoms with van der Waals surface area (Å²) in [7, 11) is 2.66. The first-order valence-electron chi connectivity index (χ1n) is 2.66. The van der Waals surface area contributed by atoms with Crippen LogP contribution in [-0.2, 0) is 14.9 Å². The van der Waals surface area contributed by atoms with Crippen LogP contribution in [0.25, 0.3) is 0 Å². The number of halogens is 1. The fraction of sp³-hybridized carbons (Fsp3) is 1.00. The van der Waals surface area contributed by atoms with Gasteiger partial charge in [0.1, 0.15) is 0 Å². The van der Waals surface area contributed by atoms with E-state index in [9.17, 15) is 10.4 Å². The van der Waals surface area contributed by atoms with Crippen molar-refractivity contribution < 1.29 is 44.9 Å². The second-order valence-corrected chi connectivity index (χ2v) is 4.47. The molecule has 2 atom stereocenters. The van der Waals surface area contributed by atoms with E-state index in [1.165, 1.54) is 14.2 Å². The van der Waals surface area contributed by atoms with Gasteiger partial charge in [-0.05, 0) is 0 Å². The summed E-state index contributed by atoms with van der Waals surface area (Å²) >= 11 is -0.742. The first-order chi connectivity index (χ1) is 5.16. The van der Waals surface area contributed by atoms with Gasteiger partial charge in [0.25, 0.3) is 0 Å². The Morgan fingerprint density at radius 1 is 1.45 bits per heavy atom. The van der Waals surface area contributed by atoms with E-state index in [-0.39, 0.29) is 7.83 Å². The number of alkyl halides is 1. The molecule has 0 aliphatic heterocycles. The van der Waals surface area contributed by atoms with Crippen molar-refractivity contribution in [3.8, 4) is 0 Å². The van der Waals surface area contributed by atoms with Gasteiger partial charge in [-0.3, -0.25) is 0 Å². The molecule has 0 aliphatic carbocycles. The molecule has 0 spiro atoms. The summed E-state index contributed by atoms with van der Waals surface area (Å²) in [4.78, 5) is 8.06. The monoisotopic (exact) mass is 281 g/mol. The van der Waals surface area contributed by atoms with Gasteiger partial charge in [-0.1, -0.05) is 0 Å². The van der Waals surface area contributed by atoms with Gasteiger partial charge in [0, 0.05) is 0 Å². The summed E-state index contributed by atoms with van der Waals surface area (Å²) < 4.78 is 0.163. The third-order valence-corrected chi connectivity index (χ3v) is 2.64. The summed E-state index contributed by atoms with van der Waals surface area (Å²) in [5.41, 5.74) is 0. The molecular weight excluding hydrogens is 271 g/mol. The maximum atomic E-state index is 10.6. The van der Waals surface area contributed by atoms with E-state index in [1.54, 1.807) is 0 Å². The zero-order valence-electron chi connectivity index (χ0n) is 6.13. The molecule has 0 heterocycles. The molecule has 0 aliphatic rings. The van der Waals surface area contributed by atoms with Gasteiger partial charge in [-0.15, -0.1) is 0 Å². The zero-order valence-corrected chi connectivity index (χ0v) is 8.28. The SMILES string of the molecule is COOO[NH+]([O-])C[I-][NH+](C)[O-]. The third kappa shape index (κ3) is 8.36. The number of hydrogen-bond acceptors (Lipinski definition) is 5. The van der Waals surface area contributed by atoms with E-state index in [4.69, 9.17) is 0 Å². The number of hydroxylamine groups is 3. The average molecular weight is 281 g/mol. The Morgan fingerprint density at radius 2 is 2.09 bits per heavy atom. The van der Waals surface area contributed by atoms with Crippen LogP contribution in [0.15, 0.2) is 0 Å². The van der Waals surface area contributed by atoms with Gasteiger partial charge >= 0.3 is 74.0 Å². The Hall–Kier alpha value is 0.450. The molecule has 0 aromatic rings. The van der Waals surface area contributed by atoms with Crippen molar-refractivity contribution in [2.45, 2.75) is 0 Å². The summed E-state index contributed by atoms with van der Waals surface area (Å²) in [5, 5.41) is 24.3. The van der Waals surface area contributed by atoms with Crippen molar-refractivity contribution in [2.75, 3.05) is 18.7 Å². The van der Waals surface area contributed by atoms with Crippen molar-refractivity contribution in [3.05, 3.63) is 10.4 Å². The molecule has 0 aromatic heterocycles. The minimum atomic E-state index is -0.742. The molecule has 2 unspecified atom stereocenters. The van der Waals surface area contributed by atoms with Crippen LogP contribution in [0.1, 0.15) is 0 Å². The number of rotatable bonds is 6. The third-order valence-electron chi connectivity index (χ3n) is 0.559. The fourth-order valence-electron chi connectivity index (χ4n) is 0.243. The van der Waals surface area contributed by atoms with E-state index in [0.29, 0.717) is 0 Å². The van der Waals surface area contributed by atoms with Gasteiger partial charge in [0.05, 0.1) is 0 Å². The molecule has 0 radical (unpaired) electrons. The normalized spacial score (nSPS) is 16.7. The van der Waals surface area contributed by atoms with Crippen LogP contribution in [0, 0.1) is 10.4 Å². The Balaban J connectivity index is 3.15. The summed E-state index contributed by atoms with van der Waals surface area (Å²) in [6.45, 7) is 0. The Kier molecular flexibility index (Phi) is 7.41. The van der Waals surface area contributed by atoms with Gasteiger partial charge in [0.15, 0.2) is 0 Å². The van der Waals surface area contributed by atoms with E-state index in [1.807, 2.05) is 0 Å². The van der Waals surface area contributed by atoms with Gasteiger partial charge in [-0.25, -0.2) is 0 Å². The van der Waals surface area contributed by atoms with Gasteiger partial charge in [0.2, 0.25) is 0 Å². The van der Waals surface area contributed by atoms with Crippen molar-refractivity contribution in [2.24, 2.45) is 0 Å². The Morgan fingerprint density at radius 3 is 2.55 bits per heavy atom. The maximum absolute atomic E-state index is 10.6. The van der Waals surface area contributed by atoms with E-state index in [2.05, 4.69) is 14.9 Å². The first kappa shape index (κ1) is 11.4. The van der Waals surface area contributed by atoms with Crippen molar-refractivity contribution >= 4 is 0 Å². The topological polar surface area (TPSA) is 82.7 Å². The van der Waals surface area contributed by atoms with Crippen molar-refractivity contribution in [3.63, 3.8) is 0 Å². The number of hydrogen-bond donors (Lipinski definition) is 2. The molecule has 0 rings (SSSR count). The second kappa shape index (κ2) is 7.12. The van der Waals surface area contributed by atoms with Crippen LogP contribution in [0.2, 0.25) is 0 Å². The van der Waals surface area contributed by atoms with E-state index < -0.39 is 26.7 Å². The van der Waals surface area contributed by atoms with Crippen LogP contribution in [0.4, 0.5) is 0 Å². The van der Waals surface area contributed by atoms with Gasteiger partial charge < -0.3 is 0 Å². The van der Waals surface area contributed by atoms with Crippen LogP contribution in [0.3, 0.4) is 0 Å². The molecule has 70 valence electrons. The predicted octanol–water partition coefficient (Wildman–Crippen LogP) is -6.23. The van der Waals surface area contributed by atoms with Crippen molar-refractivity contribution in [1.29, 1.82) is 0 Å². The molecule has 7 nitrogen and oxygen atoms in total. The molecule has 0 saturated carbocycles. The second-order valence-electron chi connectivity index (χ2n) is 1.43.